The van der Waals surface area contributed by atoms with Crippen LogP contribution in [0.4, 0.5) is 10.1 Å². The summed E-state index contributed by atoms with van der Waals surface area (Å²) in [5.74, 6) is -0.347. The topological polar surface area (TPSA) is 20.3 Å². The molecular formula is C13H12FNOS. The molecule has 1 aliphatic heterocycles. The highest BCUT2D eigenvalue weighted by molar-refractivity contribution is 7.16. The summed E-state index contributed by atoms with van der Waals surface area (Å²) >= 11 is 1.50. The largest absolute Gasteiger partial charge is 0.368 e. The molecule has 0 bridgehead atoms. The maximum absolute atomic E-state index is 13.2. The molecule has 1 aromatic heterocycles. The lowest BCUT2D eigenvalue weighted by atomic mass is 10.2. The van der Waals surface area contributed by atoms with Crippen molar-refractivity contribution in [2.24, 2.45) is 0 Å². The highest BCUT2D eigenvalue weighted by atomic mass is 32.1. The second kappa shape index (κ2) is 4.11. The second-order valence-corrected chi connectivity index (χ2v) is 5.20. The van der Waals surface area contributed by atoms with Gasteiger partial charge in [0, 0.05) is 28.6 Å². The van der Waals surface area contributed by atoms with Gasteiger partial charge in [0.05, 0.1) is 5.69 Å². The van der Waals surface area contributed by atoms with Gasteiger partial charge in [-0.3, -0.25) is 4.79 Å². The minimum Gasteiger partial charge on any atom is -0.368 e. The molecule has 0 amide bonds. The Morgan fingerprint density at radius 2 is 2.00 bits per heavy atom. The van der Waals surface area contributed by atoms with Crippen LogP contribution >= 0.6 is 11.3 Å². The first-order valence-electron chi connectivity index (χ1n) is 5.72. The van der Waals surface area contributed by atoms with Crippen LogP contribution in [0.15, 0.2) is 28.4 Å². The number of fused-ring (bicyclic) bond motifs is 1. The summed E-state index contributed by atoms with van der Waals surface area (Å²) in [5.41, 5.74) is 0.686. The minimum atomic E-state index is -0.347. The van der Waals surface area contributed by atoms with Crippen LogP contribution in [-0.2, 0) is 0 Å². The molecule has 0 unspecified atom stereocenters. The van der Waals surface area contributed by atoms with Gasteiger partial charge in [-0.25, -0.2) is 4.39 Å². The molecule has 1 saturated heterocycles. The number of hydrogen-bond donors (Lipinski definition) is 0. The van der Waals surface area contributed by atoms with E-state index >= 15 is 0 Å². The Labute approximate surface area is 102 Å². The molecule has 88 valence electrons. The predicted molar refractivity (Wildman–Crippen MR) is 69.5 cm³/mol. The molecule has 1 aromatic carbocycles. The maximum Gasteiger partial charge on any atom is 0.211 e. The monoisotopic (exact) mass is 249 g/mol. The Kier molecular flexibility index (Phi) is 2.59. The maximum atomic E-state index is 13.2. The third-order valence-electron chi connectivity index (χ3n) is 3.16. The lowest BCUT2D eigenvalue weighted by Gasteiger charge is -2.16. The van der Waals surface area contributed by atoms with Crippen molar-refractivity contribution in [1.29, 1.82) is 0 Å². The molecule has 0 aliphatic carbocycles. The summed E-state index contributed by atoms with van der Waals surface area (Å²) in [4.78, 5) is 14.4. The van der Waals surface area contributed by atoms with Gasteiger partial charge in [-0.15, -0.1) is 11.3 Å². The van der Waals surface area contributed by atoms with Crippen LogP contribution in [0.25, 0.3) is 10.1 Å². The van der Waals surface area contributed by atoms with Crippen LogP contribution in [-0.4, -0.2) is 13.1 Å². The smallest absolute Gasteiger partial charge is 0.211 e. The van der Waals surface area contributed by atoms with Gasteiger partial charge in [0.25, 0.3) is 0 Å². The average molecular weight is 249 g/mol. The molecule has 0 radical (unpaired) electrons. The summed E-state index contributed by atoms with van der Waals surface area (Å²) in [5, 5.41) is 2.40. The summed E-state index contributed by atoms with van der Waals surface area (Å²) in [6, 6.07) is 4.41. The van der Waals surface area contributed by atoms with Crippen LogP contribution in [0.5, 0.6) is 0 Å². The van der Waals surface area contributed by atoms with Gasteiger partial charge < -0.3 is 4.90 Å². The Balaban J connectivity index is 2.21. The van der Waals surface area contributed by atoms with Crippen LogP contribution in [0, 0.1) is 5.82 Å². The minimum absolute atomic E-state index is 0.0415. The Morgan fingerprint density at radius 1 is 1.24 bits per heavy atom. The van der Waals surface area contributed by atoms with Crippen LogP contribution in [0.2, 0.25) is 0 Å². The van der Waals surface area contributed by atoms with Gasteiger partial charge in [-0.05, 0) is 31.0 Å². The Morgan fingerprint density at radius 3 is 2.76 bits per heavy atom. The zero-order valence-corrected chi connectivity index (χ0v) is 10.1. The van der Waals surface area contributed by atoms with Crippen molar-refractivity contribution >= 4 is 27.1 Å². The summed E-state index contributed by atoms with van der Waals surface area (Å²) < 4.78 is 14.0. The van der Waals surface area contributed by atoms with Crippen LogP contribution in [0.1, 0.15) is 12.8 Å². The second-order valence-electron chi connectivity index (χ2n) is 4.28. The number of benzene rings is 1. The van der Waals surface area contributed by atoms with Gasteiger partial charge in [0.15, 0.2) is 0 Å². The molecule has 0 spiro atoms. The van der Waals surface area contributed by atoms with Crippen molar-refractivity contribution < 1.29 is 4.39 Å². The van der Waals surface area contributed by atoms with Gasteiger partial charge in [-0.2, -0.15) is 0 Å². The van der Waals surface area contributed by atoms with Crippen molar-refractivity contribution in [1.82, 2.24) is 0 Å². The van der Waals surface area contributed by atoms with E-state index in [1.165, 1.54) is 23.5 Å². The third kappa shape index (κ3) is 1.82. The van der Waals surface area contributed by atoms with E-state index in [9.17, 15) is 9.18 Å². The van der Waals surface area contributed by atoms with Gasteiger partial charge in [-0.1, -0.05) is 0 Å². The summed E-state index contributed by atoms with van der Waals surface area (Å²) in [6.45, 7) is 1.87. The molecular weight excluding hydrogens is 237 g/mol. The molecule has 17 heavy (non-hydrogen) atoms. The van der Waals surface area contributed by atoms with Crippen molar-refractivity contribution in [2.75, 3.05) is 18.0 Å². The number of hydrogen-bond acceptors (Lipinski definition) is 3. The average Bonchev–Trinajstić information content (AvgIpc) is 2.84. The van der Waals surface area contributed by atoms with Crippen molar-refractivity contribution in [2.45, 2.75) is 12.8 Å². The van der Waals surface area contributed by atoms with Crippen molar-refractivity contribution in [3.8, 4) is 0 Å². The summed E-state index contributed by atoms with van der Waals surface area (Å²) in [7, 11) is 0. The number of rotatable bonds is 1. The molecule has 2 nitrogen and oxygen atoms in total. The molecule has 2 heterocycles. The SMILES string of the molecule is O=c1c(N2CCCC2)csc2ccc(F)cc12. The molecule has 2 aromatic rings. The first-order chi connectivity index (χ1) is 8.25. The first kappa shape index (κ1) is 10.7. The molecule has 4 heteroatoms. The van der Waals surface area contributed by atoms with E-state index in [1.807, 2.05) is 5.38 Å². The quantitative estimate of drug-likeness (QED) is 0.774. The van der Waals surface area contributed by atoms with Gasteiger partial charge in [0.1, 0.15) is 5.82 Å². The van der Waals surface area contributed by atoms with Crippen molar-refractivity contribution in [3.05, 3.63) is 39.6 Å². The van der Waals surface area contributed by atoms with Gasteiger partial charge in [0.2, 0.25) is 5.43 Å². The fourth-order valence-electron chi connectivity index (χ4n) is 2.27. The van der Waals surface area contributed by atoms with E-state index in [0.717, 1.165) is 36.3 Å². The fourth-order valence-corrected chi connectivity index (χ4v) is 3.19. The Hall–Kier alpha value is -1.42. The lowest BCUT2D eigenvalue weighted by molar-refractivity contribution is 0.630. The number of anilines is 1. The zero-order chi connectivity index (χ0) is 11.8. The third-order valence-corrected chi connectivity index (χ3v) is 4.11. The highest BCUT2D eigenvalue weighted by Gasteiger charge is 2.16. The molecule has 0 saturated carbocycles. The van der Waals surface area contributed by atoms with E-state index in [1.54, 1.807) is 6.07 Å². The first-order valence-corrected chi connectivity index (χ1v) is 6.60. The lowest BCUT2D eigenvalue weighted by Crippen LogP contribution is -2.24. The normalized spacial score (nSPS) is 15.7. The van der Waals surface area contributed by atoms with E-state index < -0.39 is 0 Å². The van der Waals surface area contributed by atoms with Gasteiger partial charge >= 0.3 is 0 Å². The van der Waals surface area contributed by atoms with E-state index in [2.05, 4.69) is 4.90 Å². The zero-order valence-electron chi connectivity index (χ0n) is 9.28. The van der Waals surface area contributed by atoms with Crippen LogP contribution < -0.4 is 10.3 Å². The van der Waals surface area contributed by atoms with E-state index in [-0.39, 0.29) is 11.2 Å². The molecule has 1 aliphatic rings. The molecule has 0 atom stereocenters. The van der Waals surface area contributed by atoms with E-state index in [0.29, 0.717) is 5.39 Å². The number of halogens is 1. The molecule has 3 rings (SSSR count). The van der Waals surface area contributed by atoms with E-state index in [4.69, 9.17) is 0 Å². The summed E-state index contributed by atoms with van der Waals surface area (Å²) in [6.07, 6.45) is 2.26. The predicted octanol–water partition coefficient (Wildman–Crippen LogP) is 3.00. The van der Waals surface area contributed by atoms with Crippen molar-refractivity contribution in [3.63, 3.8) is 0 Å². The molecule has 0 N–H and O–H groups in total. The standard InChI is InChI=1S/C13H12FNOS/c14-9-3-4-12-10(7-9)13(16)11(8-17-12)15-5-1-2-6-15/h3-4,7-8H,1-2,5-6H2. The highest BCUT2D eigenvalue weighted by Crippen LogP contribution is 2.24. The number of nitrogens with zero attached hydrogens (tertiary/aromatic N) is 1. The Bertz CT molecular complexity index is 616. The van der Waals surface area contributed by atoms with Crippen LogP contribution in [0.3, 0.4) is 0 Å². The fraction of sp³-hybridized carbons (Fsp3) is 0.308. The molecule has 1 fully saturated rings.